The van der Waals surface area contributed by atoms with Gasteiger partial charge >= 0.3 is 6.09 Å². The predicted molar refractivity (Wildman–Crippen MR) is 119 cm³/mol. The summed E-state index contributed by atoms with van der Waals surface area (Å²) in [5.41, 5.74) is 1.96. The number of carbonyl (C=O) groups is 2. The van der Waals surface area contributed by atoms with Gasteiger partial charge in [-0.2, -0.15) is 0 Å². The molecule has 0 aliphatic carbocycles. The largest absolute Gasteiger partial charge is 0.448 e. The molecule has 6 nitrogen and oxygen atoms in total. The van der Waals surface area contributed by atoms with Crippen LogP contribution < -0.4 is 16.0 Å². The van der Waals surface area contributed by atoms with Crippen LogP contribution in [0.2, 0.25) is 5.02 Å². The van der Waals surface area contributed by atoms with E-state index in [9.17, 15) is 9.59 Å². The van der Waals surface area contributed by atoms with Crippen LogP contribution in [0, 0.1) is 5.41 Å². The number of anilines is 1. The molecule has 3 rings (SSSR count). The second-order valence-corrected chi connectivity index (χ2v) is 7.96. The fourth-order valence-electron chi connectivity index (χ4n) is 3.53. The molecular weight excluding hydrogens is 402 g/mol. The minimum Gasteiger partial charge on any atom is -0.448 e. The van der Waals surface area contributed by atoms with Crippen molar-refractivity contribution in [1.82, 2.24) is 10.6 Å². The van der Waals surface area contributed by atoms with Gasteiger partial charge in [-0.25, -0.2) is 4.79 Å². The van der Waals surface area contributed by atoms with E-state index in [4.69, 9.17) is 16.3 Å². The second-order valence-electron chi connectivity index (χ2n) is 7.56. The van der Waals surface area contributed by atoms with Crippen LogP contribution in [0.5, 0.6) is 0 Å². The van der Waals surface area contributed by atoms with E-state index in [0.29, 0.717) is 43.2 Å². The van der Waals surface area contributed by atoms with Crippen molar-refractivity contribution in [3.05, 3.63) is 64.7 Å². The average Bonchev–Trinajstić information content (AvgIpc) is 2.78. The number of hydrogen-bond donors (Lipinski definition) is 3. The molecule has 2 aromatic carbocycles. The number of aryl methyl sites for hydroxylation is 1. The first kappa shape index (κ1) is 22.1. The zero-order chi connectivity index (χ0) is 21.4. The molecule has 7 heteroatoms. The van der Waals surface area contributed by atoms with Gasteiger partial charge in [0, 0.05) is 17.3 Å². The Morgan fingerprint density at radius 2 is 1.80 bits per heavy atom. The normalized spacial score (nSPS) is 15.3. The summed E-state index contributed by atoms with van der Waals surface area (Å²) in [6.45, 7) is 3.84. The van der Waals surface area contributed by atoms with Gasteiger partial charge in [-0.1, -0.05) is 48.9 Å². The Bertz CT molecular complexity index is 864. The number of ether oxygens (including phenoxy) is 1. The fraction of sp³-hybridized carbons (Fsp3) is 0.391. The third kappa shape index (κ3) is 5.74. The molecular formula is C23H28ClN3O3. The van der Waals surface area contributed by atoms with Gasteiger partial charge in [0.15, 0.2) is 0 Å². The highest BCUT2D eigenvalue weighted by Crippen LogP contribution is 2.30. The van der Waals surface area contributed by atoms with Crippen LogP contribution in [0.1, 0.15) is 30.9 Å². The standard InChI is InChI=1S/C23H28ClN3O3/c1-2-17-7-9-19(10-8-17)27-22(29)30-16-23(11-13-25-14-12-23)21(28)26-15-18-5-3-4-6-20(18)24/h3-10,25H,2,11-16H2,1H3,(H,26,28)(H,27,29). The van der Waals surface area contributed by atoms with Gasteiger partial charge < -0.3 is 15.4 Å². The molecule has 0 aromatic heterocycles. The van der Waals surface area contributed by atoms with E-state index in [0.717, 1.165) is 12.0 Å². The number of halogens is 1. The van der Waals surface area contributed by atoms with E-state index in [1.807, 2.05) is 42.5 Å². The number of hydrogen-bond acceptors (Lipinski definition) is 4. The summed E-state index contributed by atoms with van der Waals surface area (Å²) in [7, 11) is 0. The number of nitrogens with one attached hydrogen (secondary N) is 3. The fourth-order valence-corrected chi connectivity index (χ4v) is 3.73. The molecule has 1 saturated heterocycles. The molecule has 2 amide bonds. The maximum Gasteiger partial charge on any atom is 0.411 e. The van der Waals surface area contributed by atoms with Crippen molar-refractivity contribution in [3.63, 3.8) is 0 Å². The number of piperidine rings is 1. The third-order valence-corrected chi connectivity index (χ3v) is 5.90. The first-order valence-corrected chi connectivity index (χ1v) is 10.7. The monoisotopic (exact) mass is 429 g/mol. The Morgan fingerprint density at radius 3 is 2.47 bits per heavy atom. The van der Waals surface area contributed by atoms with Crippen molar-refractivity contribution in [3.8, 4) is 0 Å². The lowest BCUT2D eigenvalue weighted by Gasteiger charge is -2.35. The van der Waals surface area contributed by atoms with E-state index >= 15 is 0 Å². The van der Waals surface area contributed by atoms with Crippen molar-refractivity contribution in [1.29, 1.82) is 0 Å². The van der Waals surface area contributed by atoms with Crippen molar-refractivity contribution < 1.29 is 14.3 Å². The molecule has 30 heavy (non-hydrogen) atoms. The van der Waals surface area contributed by atoms with E-state index in [1.165, 1.54) is 5.56 Å². The molecule has 0 radical (unpaired) electrons. The Kier molecular flexibility index (Phi) is 7.71. The molecule has 2 aromatic rings. The minimum absolute atomic E-state index is 0.0297. The second kappa shape index (κ2) is 10.5. The highest BCUT2D eigenvalue weighted by molar-refractivity contribution is 6.31. The zero-order valence-corrected chi connectivity index (χ0v) is 17.9. The summed E-state index contributed by atoms with van der Waals surface area (Å²) in [5, 5.41) is 9.57. The number of amides is 2. The van der Waals surface area contributed by atoms with E-state index < -0.39 is 11.5 Å². The van der Waals surface area contributed by atoms with Crippen LogP contribution in [-0.4, -0.2) is 31.7 Å². The summed E-state index contributed by atoms with van der Waals surface area (Å²) in [6.07, 6.45) is 1.57. The Balaban J connectivity index is 1.59. The highest BCUT2D eigenvalue weighted by Gasteiger charge is 2.41. The molecule has 0 unspecified atom stereocenters. The summed E-state index contributed by atoms with van der Waals surface area (Å²) in [4.78, 5) is 25.4. The molecule has 1 aliphatic heterocycles. The maximum atomic E-state index is 13.1. The van der Waals surface area contributed by atoms with Crippen LogP contribution >= 0.6 is 11.6 Å². The van der Waals surface area contributed by atoms with Crippen LogP contribution in [0.25, 0.3) is 0 Å². The first-order valence-electron chi connectivity index (χ1n) is 10.3. The lowest BCUT2D eigenvalue weighted by Crippen LogP contribution is -2.50. The molecule has 0 spiro atoms. The maximum absolute atomic E-state index is 13.1. The minimum atomic E-state index is -0.754. The highest BCUT2D eigenvalue weighted by atomic mass is 35.5. The third-order valence-electron chi connectivity index (χ3n) is 5.53. The zero-order valence-electron chi connectivity index (χ0n) is 17.2. The molecule has 1 heterocycles. The summed E-state index contributed by atoms with van der Waals surface area (Å²) in [5.74, 6) is -0.121. The number of carbonyl (C=O) groups excluding carboxylic acids is 2. The average molecular weight is 430 g/mol. The Morgan fingerprint density at radius 1 is 1.10 bits per heavy atom. The van der Waals surface area contributed by atoms with Gasteiger partial charge in [-0.15, -0.1) is 0 Å². The van der Waals surface area contributed by atoms with Gasteiger partial charge in [0.2, 0.25) is 5.91 Å². The molecule has 3 N–H and O–H groups in total. The van der Waals surface area contributed by atoms with E-state index in [1.54, 1.807) is 6.07 Å². The molecule has 160 valence electrons. The predicted octanol–water partition coefficient (Wildman–Crippen LogP) is 4.14. The van der Waals surface area contributed by atoms with Gasteiger partial charge in [0.05, 0.1) is 5.41 Å². The van der Waals surface area contributed by atoms with Crippen LogP contribution in [0.3, 0.4) is 0 Å². The number of rotatable bonds is 7. The first-order chi connectivity index (χ1) is 14.5. The Hall–Kier alpha value is -2.57. The molecule has 0 bridgehead atoms. The lowest BCUT2D eigenvalue weighted by atomic mass is 9.78. The number of benzene rings is 2. The van der Waals surface area contributed by atoms with Crippen molar-refractivity contribution >= 4 is 29.3 Å². The summed E-state index contributed by atoms with van der Waals surface area (Å²) >= 11 is 6.19. The lowest BCUT2D eigenvalue weighted by molar-refractivity contribution is -0.135. The molecule has 1 aliphatic rings. The quantitative estimate of drug-likeness (QED) is 0.618. The van der Waals surface area contributed by atoms with Crippen LogP contribution in [-0.2, 0) is 22.5 Å². The van der Waals surface area contributed by atoms with Gasteiger partial charge in [-0.05, 0) is 61.7 Å². The summed E-state index contributed by atoms with van der Waals surface area (Å²) < 4.78 is 5.48. The van der Waals surface area contributed by atoms with E-state index in [2.05, 4.69) is 22.9 Å². The molecule has 0 atom stereocenters. The Labute approximate surface area is 182 Å². The van der Waals surface area contributed by atoms with Gasteiger partial charge in [-0.3, -0.25) is 10.1 Å². The van der Waals surface area contributed by atoms with Crippen molar-refractivity contribution in [2.24, 2.45) is 5.41 Å². The van der Waals surface area contributed by atoms with E-state index in [-0.39, 0.29) is 12.5 Å². The SMILES string of the molecule is CCc1ccc(NC(=O)OCC2(C(=O)NCc3ccccc3Cl)CCNCC2)cc1. The van der Waals surface area contributed by atoms with Crippen molar-refractivity contribution in [2.45, 2.75) is 32.7 Å². The van der Waals surface area contributed by atoms with Crippen LogP contribution in [0.4, 0.5) is 10.5 Å². The smallest absolute Gasteiger partial charge is 0.411 e. The molecule has 1 fully saturated rings. The molecule has 0 saturated carbocycles. The van der Waals surface area contributed by atoms with Gasteiger partial charge in [0.25, 0.3) is 0 Å². The van der Waals surface area contributed by atoms with Crippen LogP contribution in [0.15, 0.2) is 48.5 Å². The van der Waals surface area contributed by atoms with Gasteiger partial charge in [0.1, 0.15) is 6.61 Å². The summed E-state index contributed by atoms with van der Waals surface area (Å²) in [6, 6.07) is 15.0. The van der Waals surface area contributed by atoms with Crippen molar-refractivity contribution in [2.75, 3.05) is 25.0 Å². The topological polar surface area (TPSA) is 79.5 Å².